The van der Waals surface area contributed by atoms with E-state index in [1.165, 1.54) is 37.4 Å². The molecule has 0 aliphatic carbocycles. The quantitative estimate of drug-likeness (QED) is 0.784. The van der Waals surface area contributed by atoms with Crippen molar-refractivity contribution in [3.8, 4) is 0 Å². The van der Waals surface area contributed by atoms with Crippen molar-refractivity contribution in [3.63, 3.8) is 0 Å². The van der Waals surface area contributed by atoms with Crippen LogP contribution in [0.3, 0.4) is 0 Å². The topological polar surface area (TPSA) is 67.9 Å². The molecule has 2 aromatic carbocycles. The van der Waals surface area contributed by atoms with Crippen LogP contribution in [0.4, 0.5) is 24.5 Å². The number of hydrogen-bond donors (Lipinski definition) is 1. The molecule has 1 aliphatic heterocycles. The lowest BCUT2D eigenvalue weighted by molar-refractivity contribution is -0.137. The van der Waals surface area contributed by atoms with Gasteiger partial charge in [-0.05, 0) is 42.5 Å². The maximum absolute atomic E-state index is 13.2. The number of amides is 1. The van der Waals surface area contributed by atoms with Gasteiger partial charge in [0.15, 0.2) is 0 Å². The summed E-state index contributed by atoms with van der Waals surface area (Å²) in [5.74, 6) is -1.14. The highest BCUT2D eigenvalue weighted by atomic mass is 19.4. The molecule has 29 heavy (non-hydrogen) atoms. The van der Waals surface area contributed by atoms with Crippen molar-refractivity contribution in [2.75, 3.05) is 43.6 Å². The van der Waals surface area contributed by atoms with E-state index in [2.05, 4.69) is 10.1 Å². The van der Waals surface area contributed by atoms with E-state index in [9.17, 15) is 22.8 Å². The number of rotatable bonds is 4. The van der Waals surface area contributed by atoms with Crippen LogP contribution in [0.25, 0.3) is 0 Å². The van der Waals surface area contributed by atoms with Crippen molar-refractivity contribution in [1.29, 1.82) is 0 Å². The van der Waals surface area contributed by atoms with Crippen LogP contribution < -0.4 is 10.2 Å². The summed E-state index contributed by atoms with van der Waals surface area (Å²) >= 11 is 0. The lowest BCUT2D eigenvalue weighted by atomic mass is 10.1. The Morgan fingerprint density at radius 1 is 1.03 bits per heavy atom. The number of nitrogens with one attached hydrogen (secondary N) is 1. The van der Waals surface area contributed by atoms with Gasteiger partial charge < -0.3 is 19.7 Å². The van der Waals surface area contributed by atoms with Gasteiger partial charge in [0.05, 0.1) is 42.8 Å². The number of ether oxygens (including phenoxy) is 2. The Morgan fingerprint density at radius 3 is 2.24 bits per heavy atom. The Bertz CT molecular complexity index is 892. The summed E-state index contributed by atoms with van der Waals surface area (Å²) in [7, 11) is 1.24. The van der Waals surface area contributed by atoms with Gasteiger partial charge in [-0.15, -0.1) is 0 Å². The number of nitrogens with zero attached hydrogens (tertiary/aromatic N) is 1. The van der Waals surface area contributed by atoms with E-state index in [0.29, 0.717) is 32.0 Å². The number of carbonyl (C=O) groups is 2. The lowest BCUT2D eigenvalue weighted by Crippen LogP contribution is -2.36. The van der Waals surface area contributed by atoms with Gasteiger partial charge in [-0.25, -0.2) is 4.79 Å². The van der Waals surface area contributed by atoms with Gasteiger partial charge in [0, 0.05) is 18.7 Å². The monoisotopic (exact) mass is 408 g/mol. The molecule has 0 saturated carbocycles. The van der Waals surface area contributed by atoms with Crippen LogP contribution in [0.15, 0.2) is 42.5 Å². The van der Waals surface area contributed by atoms with Crippen molar-refractivity contribution in [2.45, 2.75) is 6.18 Å². The van der Waals surface area contributed by atoms with Crippen molar-refractivity contribution < 1.29 is 32.2 Å². The van der Waals surface area contributed by atoms with Crippen LogP contribution in [0.5, 0.6) is 0 Å². The highest BCUT2D eigenvalue weighted by Crippen LogP contribution is 2.36. The third-order valence-electron chi connectivity index (χ3n) is 4.49. The Balaban J connectivity index is 1.88. The van der Waals surface area contributed by atoms with Crippen LogP contribution in [-0.2, 0) is 15.7 Å². The minimum atomic E-state index is -4.54. The van der Waals surface area contributed by atoms with Crippen LogP contribution >= 0.6 is 0 Å². The third-order valence-corrected chi connectivity index (χ3v) is 4.49. The molecule has 0 atom stereocenters. The number of alkyl halides is 3. The smallest absolute Gasteiger partial charge is 0.416 e. The first-order valence-corrected chi connectivity index (χ1v) is 8.83. The molecular formula is C20H19F3N2O4. The van der Waals surface area contributed by atoms with Crippen molar-refractivity contribution in [3.05, 3.63) is 59.2 Å². The van der Waals surface area contributed by atoms with Crippen molar-refractivity contribution in [2.24, 2.45) is 0 Å². The first-order chi connectivity index (χ1) is 13.8. The maximum Gasteiger partial charge on any atom is 0.416 e. The number of methoxy groups -OCH3 is 1. The minimum Gasteiger partial charge on any atom is -0.465 e. The zero-order valence-corrected chi connectivity index (χ0v) is 15.6. The first-order valence-electron chi connectivity index (χ1n) is 8.83. The molecule has 3 rings (SSSR count). The maximum atomic E-state index is 13.2. The summed E-state index contributed by atoms with van der Waals surface area (Å²) < 4.78 is 49.4. The second-order valence-corrected chi connectivity index (χ2v) is 6.35. The van der Waals surface area contributed by atoms with E-state index < -0.39 is 23.6 Å². The largest absolute Gasteiger partial charge is 0.465 e. The molecule has 0 spiro atoms. The number of carbonyl (C=O) groups excluding carboxylic acids is 2. The molecular weight excluding hydrogens is 389 g/mol. The predicted octanol–water partition coefficient (Wildman–Crippen LogP) is 3.58. The molecule has 2 aromatic rings. The molecule has 9 heteroatoms. The van der Waals surface area contributed by atoms with Crippen LogP contribution in [0.2, 0.25) is 0 Å². The van der Waals surface area contributed by atoms with E-state index in [0.717, 1.165) is 12.1 Å². The number of morpholine rings is 1. The minimum absolute atomic E-state index is 0.0590. The first kappa shape index (κ1) is 20.7. The molecule has 1 aliphatic rings. The van der Waals surface area contributed by atoms with E-state index in [-0.39, 0.29) is 16.8 Å². The van der Waals surface area contributed by atoms with Gasteiger partial charge in [0.25, 0.3) is 5.91 Å². The normalized spacial score (nSPS) is 14.4. The van der Waals surface area contributed by atoms with E-state index in [1.807, 2.05) is 4.90 Å². The summed E-state index contributed by atoms with van der Waals surface area (Å²) in [6, 6.07) is 8.90. The van der Waals surface area contributed by atoms with Gasteiger partial charge in [0.1, 0.15) is 0 Å². The molecule has 154 valence electrons. The molecule has 0 radical (unpaired) electrons. The fraction of sp³-hybridized carbons (Fsp3) is 0.300. The Morgan fingerprint density at radius 2 is 1.66 bits per heavy atom. The summed E-state index contributed by atoms with van der Waals surface area (Å²) in [6.07, 6.45) is -4.54. The van der Waals surface area contributed by atoms with E-state index >= 15 is 0 Å². The number of hydrogen-bond acceptors (Lipinski definition) is 5. The molecule has 0 aromatic heterocycles. The van der Waals surface area contributed by atoms with Gasteiger partial charge in [-0.3, -0.25) is 4.79 Å². The molecule has 6 nitrogen and oxygen atoms in total. The average Bonchev–Trinajstić information content (AvgIpc) is 2.73. The van der Waals surface area contributed by atoms with E-state index in [1.54, 1.807) is 0 Å². The fourth-order valence-corrected chi connectivity index (χ4v) is 2.96. The lowest BCUT2D eigenvalue weighted by Gasteiger charge is -2.31. The molecule has 1 fully saturated rings. The van der Waals surface area contributed by atoms with Crippen LogP contribution in [-0.4, -0.2) is 45.3 Å². The highest BCUT2D eigenvalue weighted by molar-refractivity contribution is 6.06. The predicted molar refractivity (Wildman–Crippen MR) is 100 cm³/mol. The van der Waals surface area contributed by atoms with Crippen LogP contribution in [0, 0.1) is 0 Å². The Hall–Kier alpha value is -3.07. The Labute approximate surface area is 165 Å². The second-order valence-electron chi connectivity index (χ2n) is 6.35. The molecule has 1 heterocycles. The van der Waals surface area contributed by atoms with Gasteiger partial charge in [-0.1, -0.05) is 0 Å². The average molecular weight is 408 g/mol. The summed E-state index contributed by atoms with van der Waals surface area (Å²) in [5.41, 5.74) is 0.149. The molecule has 1 saturated heterocycles. The standard InChI is InChI=1S/C20H19F3N2O4/c1-28-19(27)14-4-2-13(3-5-14)18(26)24-16-12-15(20(21,22)23)6-7-17(16)25-8-10-29-11-9-25/h2-7,12H,8-11H2,1H3,(H,24,26). The number of benzene rings is 2. The summed E-state index contributed by atoms with van der Waals surface area (Å²) in [6.45, 7) is 1.90. The highest BCUT2D eigenvalue weighted by Gasteiger charge is 2.32. The molecule has 0 unspecified atom stereocenters. The SMILES string of the molecule is COC(=O)c1ccc(C(=O)Nc2cc(C(F)(F)F)ccc2N2CCOCC2)cc1. The van der Waals surface area contributed by atoms with Gasteiger partial charge >= 0.3 is 12.1 Å². The summed E-state index contributed by atoms with van der Waals surface area (Å²) in [5, 5.41) is 2.56. The summed E-state index contributed by atoms with van der Waals surface area (Å²) in [4.78, 5) is 26.0. The zero-order valence-electron chi connectivity index (χ0n) is 15.6. The number of halogens is 3. The molecule has 1 amide bonds. The van der Waals surface area contributed by atoms with Crippen molar-refractivity contribution >= 4 is 23.3 Å². The van der Waals surface area contributed by atoms with Gasteiger partial charge in [-0.2, -0.15) is 13.2 Å². The number of esters is 1. The van der Waals surface area contributed by atoms with Crippen LogP contribution in [0.1, 0.15) is 26.3 Å². The Kier molecular flexibility index (Phi) is 6.07. The zero-order chi connectivity index (χ0) is 21.0. The van der Waals surface area contributed by atoms with Gasteiger partial charge in [0.2, 0.25) is 0 Å². The molecule has 0 bridgehead atoms. The van der Waals surface area contributed by atoms with E-state index in [4.69, 9.17) is 4.74 Å². The van der Waals surface area contributed by atoms with Crippen molar-refractivity contribution in [1.82, 2.24) is 0 Å². The number of anilines is 2. The second kappa shape index (κ2) is 8.52. The third kappa shape index (κ3) is 4.86. The molecule has 1 N–H and O–H groups in total. The fourth-order valence-electron chi connectivity index (χ4n) is 2.96.